The number of hydrogen-bond donors (Lipinski definition) is 0. The topological polar surface area (TPSA) is 24.7 Å². The van der Waals surface area contributed by atoms with Crippen molar-refractivity contribution in [1.29, 1.82) is 0 Å². The lowest BCUT2D eigenvalue weighted by Crippen LogP contribution is -1.69. The summed E-state index contributed by atoms with van der Waals surface area (Å²) in [6, 6.07) is 15.7. The lowest BCUT2D eigenvalue weighted by molar-refractivity contribution is 1.22. The zero-order valence-electron chi connectivity index (χ0n) is 8.89. The van der Waals surface area contributed by atoms with Gasteiger partial charge in [-0.05, 0) is 48.9 Å². The van der Waals surface area contributed by atoms with Gasteiger partial charge in [-0.3, -0.25) is 0 Å². The molecule has 2 aromatic carbocycles. The van der Waals surface area contributed by atoms with Crippen molar-refractivity contribution >= 4 is 27.3 Å². The molecule has 2 rings (SSSR count). The second-order valence-electron chi connectivity index (χ2n) is 3.52. The summed E-state index contributed by atoms with van der Waals surface area (Å²) in [6.45, 7) is 2.04. The van der Waals surface area contributed by atoms with Crippen molar-refractivity contribution in [3.05, 3.63) is 58.6 Å². The molecule has 0 atom stereocenters. The number of aryl methyl sites for hydroxylation is 1. The molecule has 2 aromatic rings. The number of nitrogens with zero attached hydrogens (tertiary/aromatic N) is 2. The standard InChI is InChI=1S/C13H11BrN2/c1-10-3-2-4-13(9-10)16-15-12-7-5-11(14)6-8-12/h2-9H,1H3. The molecule has 0 aliphatic rings. The van der Waals surface area contributed by atoms with Gasteiger partial charge in [0.15, 0.2) is 0 Å². The van der Waals surface area contributed by atoms with Crippen molar-refractivity contribution in [2.45, 2.75) is 6.92 Å². The summed E-state index contributed by atoms with van der Waals surface area (Å²) >= 11 is 3.38. The van der Waals surface area contributed by atoms with E-state index in [1.807, 2.05) is 55.5 Å². The van der Waals surface area contributed by atoms with E-state index in [-0.39, 0.29) is 0 Å². The molecular formula is C13H11BrN2. The first-order valence-electron chi connectivity index (χ1n) is 4.98. The van der Waals surface area contributed by atoms with Crippen LogP contribution in [0.25, 0.3) is 0 Å². The van der Waals surface area contributed by atoms with Gasteiger partial charge < -0.3 is 0 Å². The molecule has 80 valence electrons. The molecule has 0 heterocycles. The van der Waals surface area contributed by atoms with E-state index in [4.69, 9.17) is 0 Å². The van der Waals surface area contributed by atoms with E-state index in [2.05, 4.69) is 26.2 Å². The van der Waals surface area contributed by atoms with Gasteiger partial charge in [0.1, 0.15) is 0 Å². The number of hydrogen-bond acceptors (Lipinski definition) is 2. The summed E-state index contributed by atoms with van der Waals surface area (Å²) in [5.74, 6) is 0. The Morgan fingerprint density at radius 3 is 2.25 bits per heavy atom. The van der Waals surface area contributed by atoms with Crippen molar-refractivity contribution in [1.82, 2.24) is 0 Å². The molecule has 0 spiro atoms. The first-order chi connectivity index (χ1) is 7.74. The fraction of sp³-hybridized carbons (Fsp3) is 0.0769. The summed E-state index contributed by atoms with van der Waals surface area (Å²) in [5.41, 5.74) is 2.92. The maximum atomic E-state index is 4.18. The van der Waals surface area contributed by atoms with Crippen molar-refractivity contribution < 1.29 is 0 Å². The maximum absolute atomic E-state index is 4.18. The summed E-state index contributed by atoms with van der Waals surface area (Å²) in [5, 5.41) is 8.34. The van der Waals surface area contributed by atoms with Crippen LogP contribution < -0.4 is 0 Å². The van der Waals surface area contributed by atoms with Gasteiger partial charge in [-0.2, -0.15) is 10.2 Å². The minimum Gasteiger partial charge on any atom is -0.151 e. The Hall–Kier alpha value is -1.48. The van der Waals surface area contributed by atoms with Gasteiger partial charge >= 0.3 is 0 Å². The third-order valence-electron chi connectivity index (χ3n) is 2.11. The van der Waals surface area contributed by atoms with Crippen LogP contribution in [0.15, 0.2) is 63.2 Å². The van der Waals surface area contributed by atoms with Crippen LogP contribution in [0.3, 0.4) is 0 Å². The molecule has 0 saturated carbocycles. The Morgan fingerprint density at radius 1 is 0.875 bits per heavy atom. The van der Waals surface area contributed by atoms with E-state index in [0.717, 1.165) is 15.8 Å². The maximum Gasteiger partial charge on any atom is 0.0859 e. The summed E-state index contributed by atoms with van der Waals surface area (Å²) in [4.78, 5) is 0. The first-order valence-corrected chi connectivity index (χ1v) is 5.77. The molecule has 0 fully saturated rings. The van der Waals surface area contributed by atoms with Crippen LogP contribution in [-0.4, -0.2) is 0 Å². The molecule has 16 heavy (non-hydrogen) atoms. The predicted molar refractivity (Wildman–Crippen MR) is 69.5 cm³/mol. The second kappa shape index (κ2) is 5.03. The average Bonchev–Trinajstić information content (AvgIpc) is 2.28. The number of rotatable bonds is 2. The molecule has 0 N–H and O–H groups in total. The quantitative estimate of drug-likeness (QED) is 0.675. The number of halogens is 1. The van der Waals surface area contributed by atoms with Gasteiger partial charge in [0.2, 0.25) is 0 Å². The molecule has 0 aromatic heterocycles. The third-order valence-corrected chi connectivity index (χ3v) is 2.64. The molecule has 0 aliphatic carbocycles. The smallest absolute Gasteiger partial charge is 0.0859 e. The SMILES string of the molecule is Cc1cccc(N=Nc2ccc(Br)cc2)c1. The van der Waals surface area contributed by atoms with Crippen LogP contribution in [0.5, 0.6) is 0 Å². The highest BCUT2D eigenvalue weighted by Crippen LogP contribution is 2.20. The third kappa shape index (κ3) is 3.00. The van der Waals surface area contributed by atoms with Crippen LogP contribution in [0.4, 0.5) is 11.4 Å². The molecule has 3 heteroatoms. The van der Waals surface area contributed by atoms with E-state index >= 15 is 0 Å². The number of azo groups is 1. The zero-order valence-corrected chi connectivity index (χ0v) is 10.5. The Morgan fingerprint density at radius 2 is 1.56 bits per heavy atom. The van der Waals surface area contributed by atoms with Crippen molar-refractivity contribution in [2.24, 2.45) is 10.2 Å². The molecule has 0 aliphatic heterocycles. The van der Waals surface area contributed by atoms with Gasteiger partial charge in [-0.25, -0.2) is 0 Å². The van der Waals surface area contributed by atoms with Crippen LogP contribution >= 0.6 is 15.9 Å². The minimum atomic E-state index is 0.852. The molecule has 0 radical (unpaired) electrons. The predicted octanol–water partition coefficient (Wildman–Crippen LogP) is 5.17. The lowest BCUT2D eigenvalue weighted by atomic mass is 10.2. The Bertz CT molecular complexity index is 504. The number of benzene rings is 2. The normalized spacial score (nSPS) is 10.9. The molecule has 0 amide bonds. The molecule has 0 bridgehead atoms. The lowest BCUT2D eigenvalue weighted by Gasteiger charge is -1.95. The minimum absolute atomic E-state index is 0.852. The van der Waals surface area contributed by atoms with Gasteiger partial charge in [0, 0.05) is 4.47 Å². The van der Waals surface area contributed by atoms with E-state index in [0.29, 0.717) is 0 Å². The van der Waals surface area contributed by atoms with E-state index in [1.165, 1.54) is 5.56 Å². The monoisotopic (exact) mass is 274 g/mol. The average molecular weight is 275 g/mol. The summed E-state index contributed by atoms with van der Waals surface area (Å²) in [6.07, 6.45) is 0. The first kappa shape index (κ1) is 11.0. The van der Waals surface area contributed by atoms with Gasteiger partial charge in [-0.1, -0.05) is 28.1 Å². The van der Waals surface area contributed by atoms with Crippen LogP contribution in [0.1, 0.15) is 5.56 Å². The Labute approximate surface area is 103 Å². The van der Waals surface area contributed by atoms with Gasteiger partial charge in [0.25, 0.3) is 0 Å². The zero-order chi connectivity index (χ0) is 11.4. The van der Waals surface area contributed by atoms with E-state index in [9.17, 15) is 0 Å². The van der Waals surface area contributed by atoms with Crippen molar-refractivity contribution in [3.8, 4) is 0 Å². The fourth-order valence-electron chi connectivity index (χ4n) is 1.31. The van der Waals surface area contributed by atoms with Crippen LogP contribution in [0.2, 0.25) is 0 Å². The van der Waals surface area contributed by atoms with Gasteiger partial charge in [0.05, 0.1) is 11.4 Å². The van der Waals surface area contributed by atoms with Crippen LogP contribution in [0, 0.1) is 6.92 Å². The van der Waals surface area contributed by atoms with E-state index < -0.39 is 0 Å². The second-order valence-corrected chi connectivity index (χ2v) is 4.43. The summed E-state index contributed by atoms with van der Waals surface area (Å²) in [7, 11) is 0. The highest BCUT2D eigenvalue weighted by Gasteiger charge is 1.91. The van der Waals surface area contributed by atoms with E-state index in [1.54, 1.807) is 0 Å². The van der Waals surface area contributed by atoms with Crippen molar-refractivity contribution in [2.75, 3.05) is 0 Å². The molecule has 0 saturated heterocycles. The highest BCUT2D eigenvalue weighted by atomic mass is 79.9. The Kier molecular flexibility index (Phi) is 3.47. The summed E-state index contributed by atoms with van der Waals surface area (Å²) < 4.78 is 1.04. The van der Waals surface area contributed by atoms with Gasteiger partial charge in [-0.15, -0.1) is 0 Å². The van der Waals surface area contributed by atoms with Crippen molar-refractivity contribution in [3.63, 3.8) is 0 Å². The molecule has 0 unspecified atom stereocenters. The molecular weight excluding hydrogens is 264 g/mol. The largest absolute Gasteiger partial charge is 0.151 e. The highest BCUT2D eigenvalue weighted by molar-refractivity contribution is 9.10. The molecule has 2 nitrogen and oxygen atoms in total. The fourth-order valence-corrected chi connectivity index (χ4v) is 1.58. The Balaban J connectivity index is 2.18. The van der Waals surface area contributed by atoms with Crippen LogP contribution in [-0.2, 0) is 0 Å².